The maximum absolute atomic E-state index is 11.8. The average Bonchev–Trinajstić information content (AvgIpc) is 2.36. The van der Waals surface area contributed by atoms with Gasteiger partial charge in [-0.25, -0.2) is 0 Å². The molecule has 1 rings (SSSR count). The van der Waals surface area contributed by atoms with Gasteiger partial charge >= 0.3 is 0 Å². The molecule has 19 heavy (non-hydrogen) atoms. The molecule has 0 aromatic rings. The first-order valence-corrected chi connectivity index (χ1v) is 7.48. The Balaban J connectivity index is 2.14. The van der Waals surface area contributed by atoms with Crippen molar-refractivity contribution in [2.24, 2.45) is 11.8 Å². The largest absolute Gasteiger partial charge is 0.393 e. The lowest BCUT2D eigenvalue weighted by atomic mass is 9.85. The number of carbonyl (C=O) groups is 1. The molecule has 1 saturated carbocycles. The monoisotopic (exact) mass is 271 g/mol. The fourth-order valence-corrected chi connectivity index (χ4v) is 2.86. The lowest BCUT2D eigenvalue weighted by Gasteiger charge is -2.27. The molecule has 0 saturated heterocycles. The summed E-state index contributed by atoms with van der Waals surface area (Å²) in [6.45, 7) is 4.50. The minimum atomic E-state index is -0.295. The Morgan fingerprint density at radius 3 is 2.47 bits per heavy atom. The maximum atomic E-state index is 11.8. The Morgan fingerprint density at radius 1 is 1.32 bits per heavy atom. The van der Waals surface area contributed by atoms with Crippen LogP contribution in [-0.2, 0) is 9.53 Å². The summed E-state index contributed by atoms with van der Waals surface area (Å²) < 4.78 is 5.34. The highest BCUT2D eigenvalue weighted by Crippen LogP contribution is 2.28. The van der Waals surface area contributed by atoms with Crippen molar-refractivity contribution in [3.8, 4) is 0 Å². The fourth-order valence-electron chi connectivity index (χ4n) is 2.86. The van der Waals surface area contributed by atoms with Gasteiger partial charge in [0.15, 0.2) is 0 Å². The highest BCUT2D eigenvalue weighted by atomic mass is 16.5. The van der Waals surface area contributed by atoms with Crippen LogP contribution in [0.4, 0.5) is 0 Å². The van der Waals surface area contributed by atoms with Crippen molar-refractivity contribution >= 4 is 5.91 Å². The molecule has 0 spiro atoms. The van der Waals surface area contributed by atoms with E-state index in [1.165, 1.54) is 0 Å². The summed E-state index contributed by atoms with van der Waals surface area (Å²) in [5.41, 5.74) is 0. The topological polar surface area (TPSA) is 58.6 Å². The van der Waals surface area contributed by atoms with Gasteiger partial charge in [0.1, 0.15) is 0 Å². The van der Waals surface area contributed by atoms with Crippen molar-refractivity contribution in [3.63, 3.8) is 0 Å². The van der Waals surface area contributed by atoms with Crippen LogP contribution < -0.4 is 5.32 Å². The predicted octanol–water partition coefficient (Wildman–Crippen LogP) is 2.10. The van der Waals surface area contributed by atoms with E-state index in [0.717, 1.165) is 32.1 Å². The van der Waals surface area contributed by atoms with E-state index < -0.39 is 0 Å². The number of carbonyl (C=O) groups excluding carboxylic acids is 1. The highest BCUT2D eigenvalue weighted by Gasteiger charge is 2.22. The van der Waals surface area contributed by atoms with Crippen LogP contribution in [0.15, 0.2) is 0 Å². The molecule has 0 aromatic carbocycles. The zero-order valence-electron chi connectivity index (χ0n) is 12.5. The van der Waals surface area contributed by atoms with Crippen molar-refractivity contribution in [1.82, 2.24) is 5.32 Å². The summed E-state index contributed by atoms with van der Waals surface area (Å²) in [5, 5.41) is 12.3. The van der Waals surface area contributed by atoms with Gasteiger partial charge in [0, 0.05) is 20.1 Å². The van der Waals surface area contributed by atoms with Crippen LogP contribution in [-0.4, -0.2) is 36.9 Å². The van der Waals surface area contributed by atoms with E-state index >= 15 is 0 Å². The van der Waals surface area contributed by atoms with Gasteiger partial charge in [-0.05, 0) is 50.9 Å². The second kappa shape index (κ2) is 8.54. The zero-order chi connectivity index (χ0) is 14.3. The minimum Gasteiger partial charge on any atom is -0.393 e. The third-order valence-electron chi connectivity index (χ3n) is 3.99. The maximum Gasteiger partial charge on any atom is 0.220 e. The standard InChI is InChI=1S/C15H29NO3/c1-11(8-12(2)17)10-16-15(18)9-13-4-6-14(19-3)7-5-13/h11-14,17H,4-10H2,1-3H3,(H,16,18). The van der Waals surface area contributed by atoms with Gasteiger partial charge < -0.3 is 15.2 Å². The van der Waals surface area contributed by atoms with E-state index in [2.05, 4.69) is 12.2 Å². The van der Waals surface area contributed by atoms with Crippen LogP contribution in [0.1, 0.15) is 52.4 Å². The second-order valence-corrected chi connectivity index (χ2v) is 6.08. The summed E-state index contributed by atoms with van der Waals surface area (Å²) in [5.74, 6) is 0.991. The second-order valence-electron chi connectivity index (χ2n) is 6.08. The molecule has 2 atom stereocenters. The first-order valence-electron chi connectivity index (χ1n) is 7.48. The minimum absolute atomic E-state index is 0.151. The molecule has 1 amide bonds. The molecule has 2 unspecified atom stereocenters. The van der Waals surface area contributed by atoms with Crippen LogP contribution >= 0.6 is 0 Å². The van der Waals surface area contributed by atoms with Gasteiger partial charge in [-0.3, -0.25) is 4.79 Å². The van der Waals surface area contributed by atoms with E-state index in [4.69, 9.17) is 4.74 Å². The summed E-state index contributed by atoms with van der Waals surface area (Å²) in [4.78, 5) is 11.8. The molecule has 112 valence electrons. The summed E-state index contributed by atoms with van der Waals surface area (Å²) in [6, 6.07) is 0. The predicted molar refractivity (Wildman–Crippen MR) is 75.8 cm³/mol. The SMILES string of the molecule is COC1CCC(CC(=O)NCC(C)CC(C)O)CC1. The number of hydrogen-bond acceptors (Lipinski definition) is 3. The molecule has 4 heteroatoms. The molecular formula is C15H29NO3. The Kier molecular flexibility index (Phi) is 7.39. The van der Waals surface area contributed by atoms with Crippen LogP contribution in [0.25, 0.3) is 0 Å². The number of aliphatic hydroxyl groups is 1. The number of hydrogen-bond donors (Lipinski definition) is 2. The number of methoxy groups -OCH3 is 1. The van der Waals surface area contributed by atoms with Gasteiger partial charge in [-0.2, -0.15) is 0 Å². The van der Waals surface area contributed by atoms with Gasteiger partial charge in [0.25, 0.3) is 0 Å². The van der Waals surface area contributed by atoms with Crippen LogP contribution in [0.5, 0.6) is 0 Å². The Morgan fingerprint density at radius 2 is 1.95 bits per heavy atom. The fraction of sp³-hybridized carbons (Fsp3) is 0.933. The molecule has 0 aromatic heterocycles. The third kappa shape index (κ3) is 6.92. The smallest absolute Gasteiger partial charge is 0.220 e. The molecule has 1 fully saturated rings. The van der Waals surface area contributed by atoms with Gasteiger partial charge in [0.2, 0.25) is 5.91 Å². The molecule has 0 heterocycles. The van der Waals surface area contributed by atoms with Crippen molar-refractivity contribution in [1.29, 1.82) is 0 Å². The molecule has 1 aliphatic carbocycles. The molecule has 0 radical (unpaired) electrons. The average molecular weight is 271 g/mol. The number of amides is 1. The quantitative estimate of drug-likeness (QED) is 0.745. The van der Waals surface area contributed by atoms with Crippen LogP contribution in [0.3, 0.4) is 0 Å². The van der Waals surface area contributed by atoms with E-state index in [-0.39, 0.29) is 12.0 Å². The zero-order valence-corrected chi connectivity index (χ0v) is 12.5. The van der Waals surface area contributed by atoms with Crippen molar-refractivity contribution in [2.45, 2.75) is 64.6 Å². The van der Waals surface area contributed by atoms with Crippen molar-refractivity contribution in [2.75, 3.05) is 13.7 Å². The van der Waals surface area contributed by atoms with Gasteiger partial charge in [0.05, 0.1) is 12.2 Å². The number of rotatable bonds is 7. The molecule has 2 N–H and O–H groups in total. The summed E-state index contributed by atoms with van der Waals surface area (Å²) in [6.07, 6.45) is 5.81. The van der Waals surface area contributed by atoms with Gasteiger partial charge in [-0.15, -0.1) is 0 Å². The third-order valence-corrected chi connectivity index (χ3v) is 3.99. The lowest BCUT2D eigenvalue weighted by Crippen LogP contribution is -2.32. The molecule has 0 bridgehead atoms. The number of nitrogens with one attached hydrogen (secondary N) is 1. The van der Waals surface area contributed by atoms with E-state index in [9.17, 15) is 9.90 Å². The molecule has 0 aliphatic heterocycles. The number of aliphatic hydroxyl groups excluding tert-OH is 1. The first-order chi connectivity index (χ1) is 9.01. The van der Waals surface area contributed by atoms with Crippen molar-refractivity contribution in [3.05, 3.63) is 0 Å². The van der Waals surface area contributed by atoms with E-state index in [0.29, 0.717) is 30.9 Å². The normalized spacial score (nSPS) is 26.7. The van der Waals surface area contributed by atoms with E-state index in [1.807, 2.05) is 0 Å². The number of ether oxygens (including phenoxy) is 1. The highest BCUT2D eigenvalue weighted by molar-refractivity contribution is 5.76. The molecular weight excluding hydrogens is 242 g/mol. The van der Waals surface area contributed by atoms with Crippen LogP contribution in [0, 0.1) is 11.8 Å². The Bertz CT molecular complexity index is 260. The van der Waals surface area contributed by atoms with Crippen molar-refractivity contribution < 1.29 is 14.6 Å². The Hall–Kier alpha value is -0.610. The van der Waals surface area contributed by atoms with Gasteiger partial charge in [-0.1, -0.05) is 6.92 Å². The molecule has 4 nitrogen and oxygen atoms in total. The lowest BCUT2D eigenvalue weighted by molar-refractivity contribution is -0.122. The first kappa shape index (κ1) is 16.4. The van der Waals surface area contributed by atoms with E-state index in [1.54, 1.807) is 14.0 Å². The molecule has 1 aliphatic rings. The summed E-state index contributed by atoms with van der Waals surface area (Å²) >= 11 is 0. The van der Waals surface area contributed by atoms with Crippen LogP contribution in [0.2, 0.25) is 0 Å². The summed E-state index contributed by atoms with van der Waals surface area (Å²) in [7, 11) is 1.77. The Labute approximate surface area is 116 Å².